The van der Waals surface area contributed by atoms with Crippen LogP contribution in [0.25, 0.3) is 5.69 Å². The molecule has 1 N–H and O–H groups in total. The molecule has 0 aliphatic heterocycles. The van der Waals surface area contributed by atoms with E-state index >= 15 is 0 Å². The van der Waals surface area contributed by atoms with Crippen LogP contribution >= 0.6 is 11.6 Å². The van der Waals surface area contributed by atoms with E-state index in [2.05, 4.69) is 35.5 Å². The summed E-state index contributed by atoms with van der Waals surface area (Å²) in [4.78, 5) is 0. The minimum atomic E-state index is 0.172. The van der Waals surface area contributed by atoms with Gasteiger partial charge in [-0.2, -0.15) is 5.26 Å². The molecule has 21 heavy (non-hydrogen) atoms. The molecular weight excluding hydrogens is 286 g/mol. The van der Waals surface area contributed by atoms with Crippen molar-refractivity contribution in [2.24, 2.45) is 0 Å². The van der Waals surface area contributed by atoms with E-state index in [4.69, 9.17) is 16.9 Å². The lowest BCUT2D eigenvalue weighted by Crippen LogP contribution is -2.17. The summed E-state index contributed by atoms with van der Waals surface area (Å²) >= 11 is 6.27. The van der Waals surface area contributed by atoms with Crippen LogP contribution < -0.4 is 5.32 Å². The molecule has 1 heterocycles. The van der Waals surface area contributed by atoms with Gasteiger partial charge >= 0.3 is 0 Å². The van der Waals surface area contributed by atoms with Crippen LogP contribution in [0.15, 0.2) is 18.2 Å². The maximum Gasteiger partial charge on any atom is 0.103 e. The van der Waals surface area contributed by atoms with E-state index in [1.165, 1.54) is 0 Å². The Kier molecular flexibility index (Phi) is 4.94. The molecular formula is C15H18ClN5. The molecule has 1 unspecified atom stereocenters. The molecule has 0 spiro atoms. The first-order chi connectivity index (χ1) is 10.2. The number of benzene rings is 1. The van der Waals surface area contributed by atoms with Gasteiger partial charge in [0.05, 0.1) is 34.1 Å². The number of hydrogen-bond donors (Lipinski definition) is 1. The predicted octanol–water partition coefficient (Wildman–Crippen LogP) is 3.03. The summed E-state index contributed by atoms with van der Waals surface area (Å²) in [5, 5.41) is 21.2. The average Bonchev–Trinajstić information content (AvgIpc) is 2.92. The van der Waals surface area contributed by atoms with Crippen molar-refractivity contribution in [3.05, 3.63) is 40.2 Å². The van der Waals surface area contributed by atoms with Gasteiger partial charge in [-0.15, -0.1) is 5.10 Å². The van der Waals surface area contributed by atoms with Crippen LogP contribution in [-0.2, 0) is 6.42 Å². The third kappa shape index (κ3) is 2.92. The molecule has 110 valence electrons. The Hall–Kier alpha value is -1.90. The van der Waals surface area contributed by atoms with E-state index < -0.39 is 0 Å². The molecule has 0 saturated carbocycles. The summed E-state index contributed by atoms with van der Waals surface area (Å²) in [5.41, 5.74) is 3.26. The van der Waals surface area contributed by atoms with Gasteiger partial charge in [0.2, 0.25) is 0 Å². The lowest BCUT2D eigenvalue weighted by molar-refractivity contribution is 0.555. The Labute approximate surface area is 129 Å². The molecule has 0 radical (unpaired) electrons. The quantitative estimate of drug-likeness (QED) is 0.922. The SMILES string of the molecule is CCc1c(C(CC)NC)nnn1-c1ccc(C#N)cc1Cl. The van der Waals surface area contributed by atoms with E-state index in [1.807, 2.05) is 7.05 Å². The number of nitrogens with zero attached hydrogens (tertiary/aromatic N) is 4. The Morgan fingerprint density at radius 1 is 1.43 bits per heavy atom. The van der Waals surface area contributed by atoms with Crippen LogP contribution in [0.3, 0.4) is 0 Å². The molecule has 2 aromatic rings. The second-order valence-electron chi connectivity index (χ2n) is 4.71. The number of hydrogen-bond acceptors (Lipinski definition) is 4. The van der Waals surface area contributed by atoms with E-state index in [-0.39, 0.29) is 6.04 Å². The van der Waals surface area contributed by atoms with Gasteiger partial charge in [-0.25, -0.2) is 4.68 Å². The number of nitriles is 1. The van der Waals surface area contributed by atoms with Crippen molar-refractivity contribution in [3.63, 3.8) is 0 Å². The summed E-state index contributed by atoms with van der Waals surface area (Å²) in [6, 6.07) is 7.43. The highest BCUT2D eigenvalue weighted by Gasteiger charge is 2.20. The average molecular weight is 304 g/mol. The molecule has 6 heteroatoms. The van der Waals surface area contributed by atoms with Gasteiger partial charge in [0.25, 0.3) is 0 Å². The molecule has 2 rings (SSSR count). The minimum absolute atomic E-state index is 0.172. The molecule has 1 aromatic heterocycles. The molecule has 0 aliphatic rings. The van der Waals surface area contributed by atoms with Crippen molar-refractivity contribution in [2.75, 3.05) is 7.05 Å². The monoisotopic (exact) mass is 303 g/mol. The molecule has 0 amide bonds. The first kappa shape index (κ1) is 15.5. The van der Waals surface area contributed by atoms with Crippen molar-refractivity contribution in [1.29, 1.82) is 5.26 Å². The number of nitrogens with one attached hydrogen (secondary N) is 1. The maximum atomic E-state index is 8.91. The van der Waals surface area contributed by atoms with Gasteiger partial charge in [0, 0.05) is 0 Å². The number of halogens is 1. The van der Waals surface area contributed by atoms with Crippen molar-refractivity contribution < 1.29 is 0 Å². The smallest absolute Gasteiger partial charge is 0.103 e. The standard InChI is InChI=1S/C15H18ClN5/c1-4-12(18-3)15-13(5-2)21(20-19-15)14-7-6-10(9-17)8-11(14)16/h6-8,12,18H,4-5H2,1-3H3. The lowest BCUT2D eigenvalue weighted by atomic mass is 10.1. The van der Waals surface area contributed by atoms with Crippen molar-refractivity contribution in [2.45, 2.75) is 32.7 Å². The van der Waals surface area contributed by atoms with Crippen LogP contribution in [0.1, 0.15) is 43.3 Å². The topological polar surface area (TPSA) is 66.5 Å². The molecule has 0 bridgehead atoms. The van der Waals surface area contributed by atoms with E-state index in [1.54, 1.807) is 22.9 Å². The fourth-order valence-electron chi connectivity index (χ4n) is 2.39. The third-order valence-electron chi connectivity index (χ3n) is 3.52. The van der Waals surface area contributed by atoms with Gasteiger partial charge in [0.15, 0.2) is 0 Å². The van der Waals surface area contributed by atoms with Crippen LogP contribution in [-0.4, -0.2) is 22.0 Å². The van der Waals surface area contributed by atoms with Crippen LogP contribution in [0, 0.1) is 11.3 Å². The van der Waals surface area contributed by atoms with E-state index in [0.717, 1.165) is 29.9 Å². The highest BCUT2D eigenvalue weighted by molar-refractivity contribution is 6.32. The van der Waals surface area contributed by atoms with Crippen LogP contribution in [0.2, 0.25) is 5.02 Å². The van der Waals surface area contributed by atoms with Gasteiger partial charge < -0.3 is 5.32 Å². The van der Waals surface area contributed by atoms with Crippen LogP contribution in [0.5, 0.6) is 0 Å². The normalized spacial score (nSPS) is 12.1. The van der Waals surface area contributed by atoms with Gasteiger partial charge in [0.1, 0.15) is 5.69 Å². The third-order valence-corrected chi connectivity index (χ3v) is 3.82. The zero-order valence-electron chi connectivity index (χ0n) is 12.4. The fourth-order valence-corrected chi connectivity index (χ4v) is 2.65. The van der Waals surface area contributed by atoms with E-state index in [0.29, 0.717) is 10.6 Å². The fraction of sp³-hybridized carbons (Fsp3) is 0.400. The Morgan fingerprint density at radius 3 is 2.71 bits per heavy atom. The largest absolute Gasteiger partial charge is 0.312 e. The number of rotatable bonds is 5. The molecule has 5 nitrogen and oxygen atoms in total. The van der Waals surface area contributed by atoms with Crippen LogP contribution in [0.4, 0.5) is 0 Å². The van der Waals surface area contributed by atoms with Gasteiger partial charge in [-0.3, -0.25) is 0 Å². The first-order valence-corrected chi connectivity index (χ1v) is 7.35. The zero-order chi connectivity index (χ0) is 15.4. The second kappa shape index (κ2) is 6.70. The predicted molar refractivity (Wildman–Crippen MR) is 82.6 cm³/mol. The second-order valence-corrected chi connectivity index (χ2v) is 5.12. The first-order valence-electron chi connectivity index (χ1n) is 6.97. The molecule has 0 fully saturated rings. The Bertz CT molecular complexity index is 667. The molecule has 1 atom stereocenters. The summed E-state index contributed by atoms with van der Waals surface area (Å²) in [7, 11) is 1.92. The molecule has 0 saturated heterocycles. The van der Waals surface area contributed by atoms with Gasteiger partial charge in [-0.1, -0.05) is 30.7 Å². The Morgan fingerprint density at radius 2 is 2.19 bits per heavy atom. The minimum Gasteiger partial charge on any atom is -0.312 e. The zero-order valence-corrected chi connectivity index (χ0v) is 13.1. The summed E-state index contributed by atoms with van der Waals surface area (Å²) < 4.78 is 1.76. The van der Waals surface area contributed by atoms with Crippen molar-refractivity contribution in [3.8, 4) is 11.8 Å². The Balaban J connectivity index is 2.53. The van der Waals surface area contributed by atoms with Crippen molar-refractivity contribution in [1.82, 2.24) is 20.3 Å². The highest BCUT2D eigenvalue weighted by atomic mass is 35.5. The lowest BCUT2D eigenvalue weighted by Gasteiger charge is -2.13. The number of aromatic nitrogens is 3. The molecule has 1 aromatic carbocycles. The van der Waals surface area contributed by atoms with Gasteiger partial charge in [-0.05, 0) is 38.1 Å². The molecule has 0 aliphatic carbocycles. The maximum absolute atomic E-state index is 8.91. The highest BCUT2D eigenvalue weighted by Crippen LogP contribution is 2.26. The summed E-state index contributed by atoms with van der Waals surface area (Å²) in [6.45, 7) is 4.17. The van der Waals surface area contributed by atoms with Crippen molar-refractivity contribution >= 4 is 11.6 Å². The summed E-state index contributed by atoms with van der Waals surface area (Å²) in [5.74, 6) is 0. The summed E-state index contributed by atoms with van der Waals surface area (Å²) in [6.07, 6.45) is 1.74. The van der Waals surface area contributed by atoms with E-state index in [9.17, 15) is 0 Å².